The predicted molar refractivity (Wildman–Crippen MR) is 96.7 cm³/mol. The Morgan fingerprint density at radius 3 is 2.67 bits per heavy atom. The molecule has 1 aromatic carbocycles. The third-order valence-corrected chi connectivity index (χ3v) is 3.74. The minimum atomic E-state index is 0.597. The van der Waals surface area contributed by atoms with E-state index in [9.17, 15) is 0 Å². The number of anilines is 3. The summed E-state index contributed by atoms with van der Waals surface area (Å²) in [6, 6.07) is 14.1. The van der Waals surface area contributed by atoms with Crippen LogP contribution in [0, 0.1) is 13.8 Å². The van der Waals surface area contributed by atoms with Crippen LogP contribution in [-0.2, 0) is 6.54 Å². The van der Waals surface area contributed by atoms with Crippen LogP contribution >= 0.6 is 0 Å². The molecule has 0 aliphatic carbocycles. The molecular formula is C19H22N4O. The van der Waals surface area contributed by atoms with Gasteiger partial charge in [0.2, 0.25) is 5.95 Å². The lowest BCUT2D eigenvalue weighted by Crippen LogP contribution is -2.20. The number of rotatable bonds is 6. The zero-order chi connectivity index (χ0) is 16.9. The van der Waals surface area contributed by atoms with Gasteiger partial charge in [0.1, 0.15) is 11.6 Å². The highest BCUT2D eigenvalue weighted by atomic mass is 16.3. The molecule has 0 aliphatic rings. The summed E-state index contributed by atoms with van der Waals surface area (Å²) in [5.74, 6) is 2.36. The second-order valence-electron chi connectivity index (χ2n) is 5.71. The van der Waals surface area contributed by atoms with E-state index >= 15 is 0 Å². The summed E-state index contributed by atoms with van der Waals surface area (Å²) in [4.78, 5) is 11.4. The number of nitrogens with zero attached hydrogens (tertiary/aromatic N) is 3. The Morgan fingerprint density at radius 2 is 1.96 bits per heavy atom. The van der Waals surface area contributed by atoms with Gasteiger partial charge >= 0.3 is 0 Å². The molecule has 0 spiro atoms. The lowest BCUT2D eigenvalue weighted by molar-refractivity contribution is 0.518. The molecule has 2 heterocycles. The molecule has 0 saturated heterocycles. The molecule has 0 radical (unpaired) electrons. The predicted octanol–water partition coefficient (Wildman–Crippen LogP) is 4.46. The SMILES string of the molecule is CCN(c1cccc(C)c1)c1nc(C)cc(NCc2ccco2)n1. The average Bonchev–Trinajstić information content (AvgIpc) is 3.07. The van der Waals surface area contributed by atoms with E-state index in [0.29, 0.717) is 12.5 Å². The molecule has 0 atom stereocenters. The summed E-state index contributed by atoms with van der Waals surface area (Å²) in [5, 5.41) is 3.30. The van der Waals surface area contributed by atoms with Crippen LogP contribution in [-0.4, -0.2) is 16.5 Å². The van der Waals surface area contributed by atoms with Crippen molar-refractivity contribution in [3.63, 3.8) is 0 Å². The van der Waals surface area contributed by atoms with Crippen molar-refractivity contribution in [2.24, 2.45) is 0 Å². The molecule has 2 aromatic heterocycles. The summed E-state index contributed by atoms with van der Waals surface area (Å²) in [6.07, 6.45) is 1.67. The van der Waals surface area contributed by atoms with E-state index in [-0.39, 0.29) is 0 Å². The van der Waals surface area contributed by atoms with Gasteiger partial charge in [-0.15, -0.1) is 0 Å². The third-order valence-electron chi connectivity index (χ3n) is 3.74. The van der Waals surface area contributed by atoms with Gasteiger partial charge in [-0.1, -0.05) is 12.1 Å². The number of hydrogen-bond donors (Lipinski definition) is 1. The van der Waals surface area contributed by atoms with Crippen LogP contribution in [0.2, 0.25) is 0 Å². The van der Waals surface area contributed by atoms with Gasteiger partial charge in [0.15, 0.2) is 0 Å². The van der Waals surface area contributed by atoms with Crippen LogP contribution in [0.4, 0.5) is 17.5 Å². The zero-order valence-corrected chi connectivity index (χ0v) is 14.3. The van der Waals surface area contributed by atoms with Crippen molar-refractivity contribution < 1.29 is 4.42 Å². The van der Waals surface area contributed by atoms with Crippen LogP contribution in [0.3, 0.4) is 0 Å². The molecule has 0 fully saturated rings. The molecule has 3 aromatic rings. The molecule has 0 saturated carbocycles. The molecule has 124 valence electrons. The first kappa shape index (κ1) is 16.1. The number of nitrogens with one attached hydrogen (secondary N) is 1. The molecule has 0 amide bonds. The van der Waals surface area contributed by atoms with Gasteiger partial charge in [-0.3, -0.25) is 0 Å². The maximum atomic E-state index is 5.35. The van der Waals surface area contributed by atoms with Crippen molar-refractivity contribution in [3.8, 4) is 0 Å². The topological polar surface area (TPSA) is 54.2 Å². The van der Waals surface area contributed by atoms with Gasteiger partial charge in [-0.25, -0.2) is 4.98 Å². The summed E-state index contributed by atoms with van der Waals surface area (Å²) in [7, 11) is 0. The average molecular weight is 322 g/mol. The molecule has 24 heavy (non-hydrogen) atoms. The van der Waals surface area contributed by atoms with E-state index in [4.69, 9.17) is 4.42 Å². The monoisotopic (exact) mass is 322 g/mol. The van der Waals surface area contributed by atoms with Crippen molar-refractivity contribution in [1.29, 1.82) is 0 Å². The first-order chi connectivity index (χ1) is 11.7. The van der Waals surface area contributed by atoms with Crippen molar-refractivity contribution >= 4 is 17.5 Å². The van der Waals surface area contributed by atoms with E-state index in [1.54, 1.807) is 6.26 Å². The first-order valence-electron chi connectivity index (χ1n) is 8.12. The third kappa shape index (κ3) is 3.74. The van der Waals surface area contributed by atoms with Gasteiger partial charge in [0.05, 0.1) is 12.8 Å². The molecule has 0 bridgehead atoms. The smallest absolute Gasteiger partial charge is 0.232 e. The second-order valence-corrected chi connectivity index (χ2v) is 5.71. The van der Waals surface area contributed by atoms with Gasteiger partial charge in [-0.2, -0.15) is 4.98 Å². The van der Waals surface area contributed by atoms with Crippen molar-refractivity contribution in [3.05, 3.63) is 65.7 Å². The quantitative estimate of drug-likeness (QED) is 0.726. The van der Waals surface area contributed by atoms with Gasteiger partial charge < -0.3 is 14.6 Å². The maximum absolute atomic E-state index is 5.35. The summed E-state index contributed by atoms with van der Waals surface area (Å²) < 4.78 is 5.35. The Labute approximate surface area is 142 Å². The van der Waals surface area contributed by atoms with Crippen molar-refractivity contribution in [2.45, 2.75) is 27.3 Å². The Bertz CT molecular complexity index is 799. The minimum Gasteiger partial charge on any atom is -0.467 e. The lowest BCUT2D eigenvalue weighted by Gasteiger charge is -2.22. The molecular weight excluding hydrogens is 300 g/mol. The van der Waals surface area contributed by atoms with E-state index in [0.717, 1.165) is 29.5 Å². The van der Waals surface area contributed by atoms with Crippen molar-refractivity contribution in [1.82, 2.24) is 9.97 Å². The van der Waals surface area contributed by atoms with E-state index < -0.39 is 0 Å². The normalized spacial score (nSPS) is 10.6. The lowest BCUT2D eigenvalue weighted by atomic mass is 10.2. The number of hydrogen-bond acceptors (Lipinski definition) is 5. The van der Waals surface area contributed by atoms with E-state index in [1.807, 2.05) is 25.1 Å². The highest BCUT2D eigenvalue weighted by Gasteiger charge is 2.12. The van der Waals surface area contributed by atoms with Gasteiger partial charge in [-0.05, 0) is 50.6 Å². The fourth-order valence-corrected chi connectivity index (χ4v) is 2.59. The standard InChI is InChI=1S/C19H22N4O/c1-4-23(16-8-5-7-14(2)11-16)19-21-15(3)12-18(22-19)20-13-17-9-6-10-24-17/h5-12H,4,13H2,1-3H3,(H,20,21,22). The largest absolute Gasteiger partial charge is 0.467 e. The van der Waals surface area contributed by atoms with Crippen LogP contribution in [0.25, 0.3) is 0 Å². The molecule has 3 rings (SSSR count). The Balaban J connectivity index is 1.86. The molecule has 0 unspecified atom stereocenters. The minimum absolute atomic E-state index is 0.597. The fourth-order valence-electron chi connectivity index (χ4n) is 2.59. The molecule has 5 heteroatoms. The van der Waals surface area contributed by atoms with Gasteiger partial charge in [0, 0.05) is 24.0 Å². The second kappa shape index (κ2) is 7.17. The number of benzene rings is 1. The van der Waals surface area contributed by atoms with Crippen LogP contribution < -0.4 is 10.2 Å². The van der Waals surface area contributed by atoms with Gasteiger partial charge in [0.25, 0.3) is 0 Å². The van der Waals surface area contributed by atoms with E-state index in [2.05, 4.69) is 58.3 Å². The fraction of sp³-hybridized carbons (Fsp3) is 0.263. The summed E-state index contributed by atoms with van der Waals surface area (Å²) in [6.45, 7) is 7.56. The highest BCUT2D eigenvalue weighted by molar-refractivity contribution is 5.59. The van der Waals surface area contributed by atoms with Crippen LogP contribution in [0.5, 0.6) is 0 Å². The van der Waals surface area contributed by atoms with Crippen LogP contribution in [0.1, 0.15) is 23.9 Å². The first-order valence-corrected chi connectivity index (χ1v) is 8.12. The number of aryl methyl sites for hydroxylation is 2. The molecule has 5 nitrogen and oxygen atoms in total. The molecule has 0 aliphatic heterocycles. The summed E-state index contributed by atoms with van der Waals surface area (Å²) in [5.41, 5.74) is 3.24. The number of furan rings is 1. The zero-order valence-electron chi connectivity index (χ0n) is 14.3. The molecule has 1 N–H and O–H groups in total. The van der Waals surface area contributed by atoms with E-state index in [1.165, 1.54) is 5.56 Å². The van der Waals surface area contributed by atoms with Crippen LogP contribution in [0.15, 0.2) is 53.1 Å². The summed E-state index contributed by atoms with van der Waals surface area (Å²) >= 11 is 0. The Hall–Kier alpha value is -2.82. The van der Waals surface area contributed by atoms with Crippen molar-refractivity contribution in [2.75, 3.05) is 16.8 Å². The highest BCUT2D eigenvalue weighted by Crippen LogP contribution is 2.24. The Kier molecular flexibility index (Phi) is 4.79. The Morgan fingerprint density at radius 1 is 1.08 bits per heavy atom. The number of aromatic nitrogens is 2. The maximum Gasteiger partial charge on any atom is 0.232 e.